The molecular weight excluding hydrogens is 182 g/mol. The van der Waals surface area contributed by atoms with Crippen molar-refractivity contribution in [2.45, 2.75) is 46.3 Å². The fourth-order valence-corrected chi connectivity index (χ4v) is 0.897. The zero-order valence-corrected chi connectivity index (χ0v) is 9.53. The number of amides is 1. The summed E-state index contributed by atoms with van der Waals surface area (Å²) in [6.07, 6.45) is 0.254. The smallest absolute Gasteiger partial charge is 0.410 e. The highest BCUT2D eigenvalue weighted by Gasteiger charge is 2.23. The molecule has 0 saturated heterocycles. The first-order valence-electron chi connectivity index (χ1n) is 4.71. The summed E-state index contributed by atoms with van der Waals surface area (Å²) in [5.41, 5.74) is -0.521. The van der Waals surface area contributed by atoms with E-state index in [0.29, 0.717) is 6.29 Å². The second-order valence-corrected chi connectivity index (χ2v) is 4.39. The Morgan fingerprint density at radius 1 is 1.43 bits per heavy atom. The first kappa shape index (κ1) is 12.9. The minimum Gasteiger partial charge on any atom is -0.444 e. The Labute approximate surface area is 85.2 Å². The van der Waals surface area contributed by atoms with Crippen LogP contribution in [-0.4, -0.2) is 35.5 Å². The summed E-state index contributed by atoms with van der Waals surface area (Å²) in [5, 5.41) is 0. The van der Waals surface area contributed by atoms with Crippen LogP contribution in [-0.2, 0) is 9.53 Å². The van der Waals surface area contributed by atoms with Crippen LogP contribution >= 0.6 is 0 Å². The second kappa shape index (κ2) is 4.98. The molecule has 0 aromatic rings. The van der Waals surface area contributed by atoms with Crippen molar-refractivity contribution in [3.05, 3.63) is 0 Å². The van der Waals surface area contributed by atoms with Crippen LogP contribution in [0.15, 0.2) is 0 Å². The van der Waals surface area contributed by atoms with E-state index in [0.717, 1.165) is 0 Å². The van der Waals surface area contributed by atoms with Gasteiger partial charge in [0.1, 0.15) is 11.9 Å². The Kier molecular flexibility index (Phi) is 4.60. The summed E-state index contributed by atoms with van der Waals surface area (Å²) in [6.45, 7) is 9.15. The summed E-state index contributed by atoms with van der Waals surface area (Å²) in [7, 11) is 0. The van der Waals surface area contributed by atoms with Crippen LogP contribution in [0.25, 0.3) is 0 Å². The predicted octanol–water partition coefficient (Wildman–Crippen LogP) is 1.83. The maximum Gasteiger partial charge on any atom is 0.410 e. The molecule has 14 heavy (non-hydrogen) atoms. The third-order valence-corrected chi connectivity index (χ3v) is 1.52. The number of carbonyl (C=O) groups is 2. The van der Waals surface area contributed by atoms with Gasteiger partial charge in [-0.15, -0.1) is 0 Å². The number of aldehydes is 1. The van der Waals surface area contributed by atoms with E-state index in [9.17, 15) is 9.59 Å². The van der Waals surface area contributed by atoms with Gasteiger partial charge in [0.25, 0.3) is 0 Å². The zero-order chi connectivity index (χ0) is 11.4. The van der Waals surface area contributed by atoms with Gasteiger partial charge < -0.3 is 9.53 Å². The highest BCUT2D eigenvalue weighted by molar-refractivity contribution is 5.72. The topological polar surface area (TPSA) is 46.6 Å². The Morgan fingerprint density at radius 2 is 1.93 bits per heavy atom. The minimum absolute atomic E-state index is 0.0324. The summed E-state index contributed by atoms with van der Waals surface area (Å²) in [4.78, 5) is 23.3. The molecule has 0 N–H and O–H groups in total. The molecule has 0 bridgehead atoms. The molecule has 4 nitrogen and oxygen atoms in total. The van der Waals surface area contributed by atoms with E-state index in [-0.39, 0.29) is 12.6 Å². The Morgan fingerprint density at radius 3 is 2.21 bits per heavy atom. The molecule has 0 aliphatic rings. The average molecular weight is 201 g/mol. The van der Waals surface area contributed by atoms with Gasteiger partial charge in [-0.2, -0.15) is 0 Å². The molecule has 1 amide bonds. The maximum atomic E-state index is 11.5. The van der Waals surface area contributed by atoms with E-state index < -0.39 is 11.7 Å². The first-order chi connectivity index (χ1) is 6.28. The molecule has 0 aromatic carbocycles. The van der Waals surface area contributed by atoms with Gasteiger partial charge in [0, 0.05) is 6.04 Å². The molecule has 0 saturated carbocycles. The molecule has 0 rings (SSSR count). The van der Waals surface area contributed by atoms with Crippen molar-refractivity contribution in [1.82, 2.24) is 4.90 Å². The number of nitrogens with zero attached hydrogens (tertiary/aromatic N) is 1. The SMILES string of the molecule is CC(C)N(CC=O)C(=O)OC(C)(C)C. The van der Waals surface area contributed by atoms with Crippen molar-refractivity contribution < 1.29 is 14.3 Å². The molecule has 0 aromatic heterocycles. The summed E-state index contributed by atoms with van der Waals surface area (Å²) in [6, 6.07) is -0.0324. The largest absolute Gasteiger partial charge is 0.444 e. The number of carbonyl (C=O) groups excluding carboxylic acids is 2. The van der Waals surface area contributed by atoms with Gasteiger partial charge in [0.15, 0.2) is 0 Å². The van der Waals surface area contributed by atoms with Crippen molar-refractivity contribution in [3.63, 3.8) is 0 Å². The number of ether oxygens (including phenoxy) is 1. The lowest BCUT2D eigenvalue weighted by molar-refractivity contribution is -0.109. The van der Waals surface area contributed by atoms with Gasteiger partial charge in [-0.25, -0.2) is 4.79 Å². The van der Waals surface area contributed by atoms with Gasteiger partial charge in [-0.1, -0.05) is 0 Å². The lowest BCUT2D eigenvalue weighted by atomic mass is 10.2. The second-order valence-electron chi connectivity index (χ2n) is 4.39. The van der Waals surface area contributed by atoms with Crippen LogP contribution < -0.4 is 0 Å². The molecule has 0 spiro atoms. The molecule has 0 radical (unpaired) electrons. The quantitative estimate of drug-likeness (QED) is 0.654. The normalized spacial score (nSPS) is 11.3. The van der Waals surface area contributed by atoms with Crippen LogP contribution in [0.2, 0.25) is 0 Å². The van der Waals surface area contributed by atoms with Crippen molar-refractivity contribution in [2.75, 3.05) is 6.54 Å². The first-order valence-corrected chi connectivity index (χ1v) is 4.71. The van der Waals surface area contributed by atoms with Crippen LogP contribution in [0.4, 0.5) is 4.79 Å². The Hall–Kier alpha value is -1.06. The average Bonchev–Trinajstić information content (AvgIpc) is 1.95. The highest BCUT2D eigenvalue weighted by atomic mass is 16.6. The predicted molar refractivity (Wildman–Crippen MR) is 54.1 cm³/mol. The van der Waals surface area contributed by atoms with Crippen LogP contribution in [0, 0.1) is 0 Å². The number of hydrogen-bond donors (Lipinski definition) is 0. The van der Waals surface area contributed by atoms with Gasteiger partial charge >= 0.3 is 6.09 Å². The van der Waals surface area contributed by atoms with Gasteiger partial charge in [-0.05, 0) is 34.6 Å². The molecule has 0 aliphatic carbocycles. The number of rotatable bonds is 3. The lowest BCUT2D eigenvalue weighted by Crippen LogP contribution is -2.41. The monoisotopic (exact) mass is 201 g/mol. The molecule has 0 aliphatic heterocycles. The zero-order valence-electron chi connectivity index (χ0n) is 9.53. The molecule has 0 atom stereocenters. The maximum absolute atomic E-state index is 11.5. The van der Waals surface area contributed by atoms with E-state index in [1.807, 2.05) is 13.8 Å². The molecule has 4 heteroatoms. The fraction of sp³-hybridized carbons (Fsp3) is 0.800. The molecule has 0 heterocycles. The van der Waals surface area contributed by atoms with Gasteiger partial charge in [-0.3, -0.25) is 4.90 Å². The third kappa shape index (κ3) is 4.84. The molecule has 0 unspecified atom stereocenters. The van der Waals surface area contributed by atoms with Crippen molar-refractivity contribution in [1.29, 1.82) is 0 Å². The molecule has 0 fully saturated rings. The van der Waals surface area contributed by atoms with Crippen molar-refractivity contribution in [2.24, 2.45) is 0 Å². The van der Waals surface area contributed by atoms with Crippen molar-refractivity contribution in [3.8, 4) is 0 Å². The molecule has 82 valence electrons. The van der Waals surface area contributed by atoms with E-state index in [1.54, 1.807) is 20.8 Å². The summed E-state index contributed by atoms with van der Waals surface area (Å²) in [5.74, 6) is 0. The van der Waals surface area contributed by atoms with Crippen LogP contribution in [0.1, 0.15) is 34.6 Å². The minimum atomic E-state index is -0.521. The summed E-state index contributed by atoms with van der Waals surface area (Å²) < 4.78 is 5.14. The standard InChI is InChI=1S/C10H19NO3/c1-8(2)11(6-7-12)9(13)14-10(3,4)5/h7-8H,6H2,1-5H3. The van der Waals surface area contributed by atoms with Crippen LogP contribution in [0.5, 0.6) is 0 Å². The van der Waals surface area contributed by atoms with E-state index in [2.05, 4.69) is 0 Å². The third-order valence-electron chi connectivity index (χ3n) is 1.52. The number of hydrogen-bond acceptors (Lipinski definition) is 3. The highest BCUT2D eigenvalue weighted by Crippen LogP contribution is 2.11. The van der Waals surface area contributed by atoms with Crippen molar-refractivity contribution >= 4 is 12.4 Å². The van der Waals surface area contributed by atoms with E-state index in [4.69, 9.17) is 4.74 Å². The fourth-order valence-electron chi connectivity index (χ4n) is 0.897. The molecular formula is C10H19NO3. The van der Waals surface area contributed by atoms with Gasteiger partial charge in [0.05, 0.1) is 6.54 Å². The van der Waals surface area contributed by atoms with E-state index in [1.165, 1.54) is 4.90 Å². The van der Waals surface area contributed by atoms with Crippen LogP contribution in [0.3, 0.4) is 0 Å². The lowest BCUT2D eigenvalue weighted by Gasteiger charge is -2.28. The van der Waals surface area contributed by atoms with Gasteiger partial charge in [0.2, 0.25) is 0 Å². The Bertz CT molecular complexity index is 206. The summed E-state index contributed by atoms with van der Waals surface area (Å²) >= 11 is 0. The van der Waals surface area contributed by atoms with E-state index >= 15 is 0 Å². The Balaban J connectivity index is 4.37.